The number of esters is 1. The normalized spacial score (nSPS) is 10.3. The van der Waals surface area contributed by atoms with E-state index >= 15 is 0 Å². The Morgan fingerprint density at radius 2 is 1.88 bits per heavy atom. The molecule has 1 N–H and O–H groups in total. The van der Waals surface area contributed by atoms with Gasteiger partial charge in [-0.05, 0) is 30.7 Å². The first-order chi connectivity index (χ1) is 12.4. The fourth-order valence-corrected chi connectivity index (χ4v) is 3.19. The van der Waals surface area contributed by atoms with Crippen molar-refractivity contribution in [1.82, 2.24) is 0 Å². The van der Waals surface area contributed by atoms with E-state index in [1.165, 1.54) is 18.9 Å². The molecule has 1 amide bonds. The molecular weight excluding hydrogens is 397 g/mol. The summed E-state index contributed by atoms with van der Waals surface area (Å²) in [7, 11) is 1.47. The fourth-order valence-electron chi connectivity index (χ4n) is 2.00. The highest BCUT2D eigenvalue weighted by Crippen LogP contribution is 2.31. The van der Waals surface area contributed by atoms with Gasteiger partial charge in [0.15, 0.2) is 6.61 Å². The highest BCUT2D eigenvalue weighted by Gasteiger charge is 2.13. The van der Waals surface area contributed by atoms with E-state index in [1.54, 1.807) is 18.2 Å². The molecule has 0 radical (unpaired) electrons. The molecule has 2 aromatic carbocycles. The summed E-state index contributed by atoms with van der Waals surface area (Å²) < 4.78 is 10.2. The molecular formula is C18H17Cl2NO4S. The van der Waals surface area contributed by atoms with Gasteiger partial charge in [0, 0.05) is 16.0 Å². The van der Waals surface area contributed by atoms with Crippen molar-refractivity contribution in [3.05, 3.63) is 52.0 Å². The summed E-state index contributed by atoms with van der Waals surface area (Å²) in [6, 6.07) is 10.5. The third-order valence-electron chi connectivity index (χ3n) is 3.30. The average molecular weight is 414 g/mol. The van der Waals surface area contributed by atoms with Gasteiger partial charge >= 0.3 is 5.97 Å². The van der Waals surface area contributed by atoms with Crippen LogP contribution in [0.15, 0.2) is 41.3 Å². The SMILES string of the molecule is COc1cc(Cl)c(C)cc1NC(=O)COC(=O)CSc1ccccc1Cl. The first-order valence-electron chi connectivity index (χ1n) is 7.57. The van der Waals surface area contributed by atoms with Crippen LogP contribution in [0.3, 0.4) is 0 Å². The number of ether oxygens (including phenoxy) is 2. The maximum absolute atomic E-state index is 12.0. The number of carbonyl (C=O) groups is 2. The van der Waals surface area contributed by atoms with E-state index in [-0.39, 0.29) is 5.75 Å². The number of aryl methyl sites for hydroxylation is 1. The van der Waals surface area contributed by atoms with Crippen LogP contribution in [-0.2, 0) is 14.3 Å². The molecule has 0 aromatic heterocycles. The first kappa shape index (κ1) is 20.4. The van der Waals surface area contributed by atoms with Crippen LogP contribution in [0, 0.1) is 6.92 Å². The number of rotatable bonds is 7. The van der Waals surface area contributed by atoms with E-state index in [0.29, 0.717) is 21.5 Å². The number of thioether (sulfide) groups is 1. The highest BCUT2D eigenvalue weighted by atomic mass is 35.5. The van der Waals surface area contributed by atoms with E-state index in [2.05, 4.69) is 5.32 Å². The molecule has 138 valence electrons. The third-order valence-corrected chi connectivity index (χ3v) is 5.20. The number of nitrogens with one attached hydrogen (secondary N) is 1. The number of benzene rings is 2. The summed E-state index contributed by atoms with van der Waals surface area (Å²) in [5, 5.41) is 3.73. The van der Waals surface area contributed by atoms with Crippen molar-refractivity contribution in [3.8, 4) is 5.75 Å². The Kier molecular flexibility index (Phi) is 7.63. The van der Waals surface area contributed by atoms with E-state index in [4.69, 9.17) is 32.7 Å². The molecule has 0 unspecified atom stereocenters. The van der Waals surface area contributed by atoms with Crippen molar-refractivity contribution < 1.29 is 19.1 Å². The number of methoxy groups -OCH3 is 1. The Morgan fingerprint density at radius 3 is 2.58 bits per heavy atom. The third kappa shape index (κ3) is 5.83. The minimum Gasteiger partial charge on any atom is -0.495 e. The average Bonchev–Trinajstić information content (AvgIpc) is 2.62. The second kappa shape index (κ2) is 9.71. The van der Waals surface area contributed by atoms with Gasteiger partial charge in [0.1, 0.15) is 5.75 Å². The lowest BCUT2D eigenvalue weighted by Crippen LogP contribution is -2.22. The Hall–Kier alpha value is -1.89. The summed E-state index contributed by atoms with van der Waals surface area (Å²) in [6.07, 6.45) is 0. The molecule has 26 heavy (non-hydrogen) atoms. The molecule has 8 heteroatoms. The predicted octanol–water partition coefficient (Wildman–Crippen LogP) is 4.58. The molecule has 0 aliphatic rings. The van der Waals surface area contributed by atoms with E-state index in [0.717, 1.165) is 10.5 Å². The van der Waals surface area contributed by atoms with Gasteiger partial charge in [-0.25, -0.2) is 0 Å². The van der Waals surface area contributed by atoms with Crippen LogP contribution in [0.5, 0.6) is 5.75 Å². The number of halogens is 2. The quantitative estimate of drug-likeness (QED) is 0.531. The molecule has 0 aliphatic carbocycles. The zero-order valence-electron chi connectivity index (χ0n) is 14.2. The monoisotopic (exact) mass is 413 g/mol. The van der Waals surface area contributed by atoms with E-state index < -0.39 is 18.5 Å². The van der Waals surface area contributed by atoms with Gasteiger partial charge in [0.05, 0.1) is 23.6 Å². The summed E-state index contributed by atoms with van der Waals surface area (Å²) in [4.78, 5) is 24.6. The van der Waals surface area contributed by atoms with Crippen molar-refractivity contribution in [2.75, 3.05) is 24.8 Å². The minimum atomic E-state index is -0.510. The molecule has 0 saturated heterocycles. The largest absolute Gasteiger partial charge is 0.495 e. The number of hydrogen-bond donors (Lipinski definition) is 1. The summed E-state index contributed by atoms with van der Waals surface area (Å²) in [5.74, 6) is -0.500. The van der Waals surface area contributed by atoms with Gasteiger partial charge in [0.2, 0.25) is 0 Å². The molecule has 0 heterocycles. The van der Waals surface area contributed by atoms with Crippen LogP contribution in [0.1, 0.15) is 5.56 Å². The topological polar surface area (TPSA) is 64.6 Å². The molecule has 0 saturated carbocycles. The zero-order chi connectivity index (χ0) is 19.1. The molecule has 2 aromatic rings. The van der Waals surface area contributed by atoms with Gasteiger partial charge in [-0.3, -0.25) is 9.59 Å². The van der Waals surface area contributed by atoms with Crippen LogP contribution >= 0.6 is 35.0 Å². The van der Waals surface area contributed by atoms with Crippen molar-refractivity contribution in [1.29, 1.82) is 0 Å². The van der Waals surface area contributed by atoms with Gasteiger partial charge < -0.3 is 14.8 Å². The maximum Gasteiger partial charge on any atom is 0.316 e. The van der Waals surface area contributed by atoms with Crippen LogP contribution in [0.2, 0.25) is 10.0 Å². The van der Waals surface area contributed by atoms with Gasteiger partial charge in [-0.2, -0.15) is 0 Å². The van der Waals surface area contributed by atoms with Crippen LogP contribution in [-0.4, -0.2) is 31.3 Å². The van der Waals surface area contributed by atoms with Crippen molar-refractivity contribution in [2.24, 2.45) is 0 Å². The van der Waals surface area contributed by atoms with Crippen molar-refractivity contribution in [3.63, 3.8) is 0 Å². The van der Waals surface area contributed by atoms with Crippen LogP contribution in [0.25, 0.3) is 0 Å². The molecule has 0 fully saturated rings. The smallest absolute Gasteiger partial charge is 0.316 e. The Labute approximate surface area is 166 Å². The Bertz CT molecular complexity index is 814. The van der Waals surface area contributed by atoms with E-state index in [9.17, 15) is 9.59 Å². The van der Waals surface area contributed by atoms with Crippen LogP contribution in [0.4, 0.5) is 5.69 Å². The lowest BCUT2D eigenvalue weighted by Gasteiger charge is -2.12. The maximum atomic E-state index is 12.0. The molecule has 0 spiro atoms. The van der Waals surface area contributed by atoms with Crippen molar-refractivity contribution >= 4 is 52.5 Å². The number of amides is 1. The molecule has 5 nitrogen and oxygen atoms in total. The van der Waals surface area contributed by atoms with Gasteiger partial charge in [-0.15, -0.1) is 11.8 Å². The number of carbonyl (C=O) groups excluding carboxylic acids is 2. The summed E-state index contributed by atoms with van der Waals surface area (Å²) >= 11 is 13.3. The minimum absolute atomic E-state index is 0.0559. The first-order valence-corrected chi connectivity index (χ1v) is 9.31. The Morgan fingerprint density at radius 1 is 1.15 bits per heavy atom. The lowest BCUT2D eigenvalue weighted by molar-refractivity contribution is -0.144. The molecule has 0 atom stereocenters. The van der Waals surface area contributed by atoms with Crippen LogP contribution < -0.4 is 10.1 Å². The standard InChI is InChI=1S/C18H17Cl2NO4S/c1-11-7-14(15(24-2)8-13(11)20)21-17(22)9-25-18(23)10-26-16-6-4-3-5-12(16)19/h3-8H,9-10H2,1-2H3,(H,21,22). The number of hydrogen-bond acceptors (Lipinski definition) is 5. The number of anilines is 1. The molecule has 2 rings (SSSR count). The van der Waals surface area contributed by atoms with Gasteiger partial charge in [0.25, 0.3) is 5.91 Å². The second-order valence-corrected chi connectivity index (χ2v) is 7.06. The highest BCUT2D eigenvalue weighted by molar-refractivity contribution is 8.00. The Balaban J connectivity index is 1.84. The fraction of sp³-hybridized carbons (Fsp3) is 0.222. The van der Waals surface area contributed by atoms with Crippen molar-refractivity contribution in [2.45, 2.75) is 11.8 Å². The predicted molar refractivity (Wildman–Crippen MR) is 105 cm³/mol. The second-order valence-electron chi connectivity index (χ2n) is 5.23. The molecule has 0 aliphatic heterocycles. The lowest BCUT2D eigenvalue weighted by atomic mass is 10.2. The summed E-state index contributed by atoms with van der Waals surface area (Å²) in [5.41, 5.74) is 1.25. The van der Waals surface area contributed by atoms with Gasteiger partial charge in [-0.1, -0.05) is 35.3 Å². The molecule has 0 bridgehead atoms. The van der Waals surface area contributed by atoms with E-state index in [1.807, 2.05) is 25.1 Å². The summed E-state index contributed by atoms with van der Waals surface area (Å²) in [6.45, 7) is 1.41. The zero-order valence-corrected chi connectivity index (χ0v) is 16.5.